The van der Waals surface area contributed by atoms with E-state index in [-0.39, 0.29) is 60.3 Å². The highest BCUT2D eigenvalue weighted by Gasteiger charge is 2.45. The van der Waals surface area contributed by atoms with Gasteiger partial charge in [0.2, 0.25) is 5.92 Å². The molecule has 0 radical (unpaired) electrons. The minimum Gasteiger partial charge on any atom is -0.369 e. The summed E-state index contributed by atoms with van der Waals surface area (Å²) in [6, 6.07) is 0.583. The molecule has 0 saturated heterocycles. The van der Waals surface area contributed by atoms with E-state index in [4.69, 9.17) is 4.63 Å². The number of fused-ring (bicyclic) bond motifs is 1. The molecule has 3 aliphatic rings. The molecule has 3 aliphatic carbocycles. The Morgan fingerprint density at radius 3 is 2.54 bits per heavy atom. The number of nitrogens with zero attached hydrogens (tertiary/aromatic N) is 5. The van der Waals surface area contributed by atoms with Gasteiger partial charge >= 0.3 is 5.92 Å². The molecular weight excluding hydrogens is 550 g/mol. The van der Waals surface area contributed by atoms with Gasteiger partial charge in [-0.1, -0.05) is 5.16 Å². The Kier molecular flexibility index (Phi) is 6.94. The van der Waals surface area contributed by atoms with Crippen LogP contribution in [0.4, 0.5) is 17.6 Å². The van der Waals surface area contributed by atoms with Crippen LogP contribution in [0.5, 0.6) is 0 Å². The monoisotopic (exact) mass is 579 g/mol. The summed E-state index contributed by atoms with van der Waals surface area (Å²) < 4.78 is 62.4. The van der Waals surface area contributed by atoms with Crippen molar-refractivity contribution in [2.24, 2.45) is 11.8 Å². The SMILES string of the molecule is O=C(N[C@H](c1cn2ncc([C@@H](O)NC(=O)C(F)(F)CC3CC3)cc2n1)C1CCC(F)(F)CC1)c1nonc1C1CC1. The summed E-state index contributed by atoms with van der Waals surface area (Å²) in [6.07, 6.45) is 3.00. The zero-order chi connectivity index (χ0) is 28.9. The molecule has 0 aromatic carbocycles. The van der Waals surface area contributed by atoms with E-state index < -0.39 is 42.3 Å². The van der Waals surface area contributed by atoms with Crippen LogP contribution >= 0.6 is 0 Å². The molecule has 0 unspecified atom stereocenters. The maximum atomic E-state index is 14.2. The third-order valence-electron chi connectivity index (χ3n) is 8.05. The van der Waals surface area contributed by atoms with E-state index in [1.165, 1.54) is 23.0 Å². The van der Waals surface area contributed by atoms with E-state index >= 15 is 0 Å². The molecule has 3 saturated carbocycles. The van der Waals surface area contributed by atoms with Gasteiger partial charge in [-0.25, -0.2) is 22.9 Å². The molecule has 41 heavy (non-hydrogen) atoms. The van der Waals surface area contributed by atoms with E-state index in [0.29, 0.717) is 24.2 Å². The summed E-state index contributed by atoms with van der Waals surface area (Å²) in [4.78, 5) is 29.8. The molecule has 2 amide bonds. The third kappa shape index (κ3) is 6.04. The first kappa shape index (κ1) is 27.5. The van der Waals surface area contributed by atoms with Gasteiger partial charge in [-0.3, -0.25) is 9.59 Å². The summed E-state index contributed by atoms with van der Waals surface area (Å²) in [6.45, 7) is 0. The fraction of sp³-hybridized carbons (Fsp3) is 0.615. The first-order valence-electron chi connectivity index (χ1n) is 13.7. The van der Waals surface area contributed by atoms with Crippen LogP contribution in [0.2, 0.25) is 0 Å². The number of carbonyl (C=O) groups is 2. The number of halogens is 4. The number of hydrogen-bond acceptors (Lipinski definition) is 8. The lowest BCUT2D eigenvalue weighted by Gasteiger charge is -2.33. The Balaban J connectivity index is 1.23. The van der Waals surface area contributed by atoms with Crippen LogP contribution in [0.1, 0.15) is 103 Å². The van der Waals surface area contributed by atoms with Crippen molar-refractivity contribution in [2.45, 2.75) is 87.8 Å². The molecule has 6 rings (SSSR count). The quantitative estimate of drug-likeness (QED) is 0.243. The lowest BCUT2D eigenvalue weighted by atomic mass is 9.81. The second-order valence-corrected chi connectivity index (χ2v) is 11.4. The van der Waals surface area contributed by atoms with Gasteiger partial charge in [0.05, 0.1) is 24.1 Å². The molecule has 3 aromatic heterocycles. The minimum atomic E-state index is -3.61. The van der Waals surface area contributed by atoms with Gasteiger partial charge in [-0.05, 0) is 61.6 Å². The highest BCUT2D eigenvalue weighted by molar-refractivity contribution is 5.93. The highest BCUT2D eigenvalue weighted by atomic mass is 19.3. The lowest BCUT2D eigenvalue weighted by molar-refractivity contribution is -0.150. The summed E-state index contributed by atoms with van der Waals surface area (Å²) in [5.74, 6) is -9.01. The van der Waals surface area contributed by atoms with Crippen molar-refractivity contribution in [1.82, 2.24) is 35.5 Å². The molecule has 3 fully saturated rings. The van der Waals surface area contributed by atoms with Gasteiger partial charge < -0.3 is 15.7 Å². The predicted molar refractivity (Wildman–Crippen MR) is 132 cm³/mol. The second-order valence-electron chi connectivity index (χ2n) is 11.4. The van der Waals surface area contributed by atoms with Crippen LogP contribution in [0.15, 0.2) is 23.1 Å². The summed E-state index contributed by atoms with van der Waals surface area (Å²) in [5, 5.41) is 27.0. The van der Waals surface area contributed by atoms with Crippen molar-refractivity contribution >= 4 is 17.5 Å². The fourth-order valence-corrected chi connectivity index (χ4v) is 5.32. The Morgan fingerprint density at radius 2 is 1.85 bits per heavy atom. The predicted octanol–water partition coefficient (Wildman–Crippen LogP) is 3.83. The topological polar surface area (TPSA) is 148 Å². The molecule has 11 nitrogen and oxygen atoms in total. The van der Waals surface area contributed by atoms with Gasteiger partial charge in [-0.2, -0.15) is 13.9 Å². The standard InChI is InChI=1S/C26H29F4N7O4/c27-25(28)7-5-15(6-8-25)19(33-23(39)21-20(14-3-4-14)35-41-36-21)17-12-37-18(32-17)9-16(11-31-37)22(38)34-24(40)26(29,30)10-13-1-2-13/h9,11-15,19,22,38H,1-8,10H2,(H,33,39)(H,34,40)/t19-,22+/m0/s1. The average molecular weight is 580 g/mol. The molecule has 15 heteroatoms. The number of hydrogen-bond donors (Lipinski definition) is 3. The number of aliphatic hydroxyl groups excluding tert-OH is 1. The zero-order valence-corrected chi connectivity index (χ0v) is 21.9. The maximum Gasteiger partial charge on any atom is 0.324 e. The first-order valence-corrected chi connectivity index (χ1v) is 13.7. The molecule has 220 valence electrons. The van der Waals surface area contributed by atoms with Crippen molar-refractivity contribution in [3.8, 4) is 0 Å². The Hall–Kier alpha value is -3.62. The van der Waals surface area contributed by atoms with E-state index in [2.05, 4.69) is 25.7 Å². The highest BCUT2D eigenvalue weighted by Crippen LogP contribution is 2.43. The Morgan fingerprint density at radius 1 is 1.12 bits per heavy atom. The number of aromatic nitrogens is 5. The summed E-state index contributed by atoms with van der Waals surface area (Å²) in [5.41, 5.74) is 1.04. The van der Waals surface area contributed by atoms with Crippen LogP contribution in [0, 0.1) is 11.8 Å². The van der Waals surface area contributed by atoms with Crippen LogP contribution in [-0.2, 0) is 4.79 Å². The van der Waals surface area contributed by atoms with E-state index in [9.17, 15) is 32.3 Å². The average Bonchev–Trinajstić information content (AvgIpc) is 3.84. The first-order chi connectivity index (χ1) is 19.5. The van der Waals surface area contributed by atoms with Crippen LogP contribution in [-0.4, -0.2) is 53.7 Å². The van der Waals surface area contributed by atoms with Crippen LogP contribution < -0.4 is 10.6 Å². The number of amides is 2. The molecule has 2 atom stereocenters. The van der Waals surface area contributed by atoms with E-state index in [1.807, 2.05) is 5.32 Å². The van der Waals surface area contributed by atoms with Gasteiger partial charge in [0.25, 0.3) is 11.8 Å². The number of imidazole rings is 1. The molecular formula is C26H29F4N7O4. The summed E-state index contributed by atoms with van der Waals surface area (Å²) >= 11 is 0. The van der Waals surface area contributed by atoms with Crippen molar-refractivity contribution in [3.05, 3.63) is 41.1 Å². The Bertz CT molecular complexity index is 1440. The fourth-order valence-electron chi connectivity index (χ4n) is 5.32. The molecule has 0 aliphatic heterocycles. The normalized spacial score (nSPS) is 21.0. The molecule has 0 spiro atoms. The van der Waals surface area contributed by atoms with Gasteiger partial charge in [0.1, 0.15) is 5.69 Å². The smallest absolute Gasteiger partial charge is 0.324 e. The van der Waals surface area contributed by atoms with Gasteiger partial charge in [-0.15, -0.1) is 0 Å². The van der Waals surface area contributed by atoms with E-state index in [0.717, 1.165) is 12.8 Å². The minimum absolute atomic E-state index is 0.0193. The number of alkyl halides is 4. The van der Waals surface area contributed by atoms with Crippen LogP contribution in [0.3, 0.4) is 0 Å². The van der Waals surface area contributed by atoms with Gasteiger partial charge in [0, 0.05) is 30.7 Å². The number of rotatable bonds is 10. The number of aliphatic hydroxyl groups is 1. The van der Waals surface area contributed by atoms with Crippen molar-refractivity contribution in [2.75, 3.05) is 0 Å². The van der Waals surface area contributed by atoms with Crippen molar-refractivity contribution < 1.29 is 36.9 Å². The molecule has 0 bridgehead atoms. The molecule has 3 aromatic rings. The largest absolute Gasteiger partial charge is 0.369 e. The second kappa shape index (κ2) is 10.3. The molecule has 3 heterocycles. The van der Waals surface area contributed by atoms with Crippen LogP contribution in [0.25, 0.3) is 5.65 Å². The number of nitrogens with one attached hydrogen (secondary N) is 2. The zero-order valence-electron chi connectivity index (χ0n) is 21.9. The molecule has 3 N–H and O–H groups in total. The van der Waals surface area contributed by atoms with Crippen molar-refractivity contribution in [3.63, 3.8) is 0 Å². The maximum absolute atomic E-state index is 14.2. The lowest BCUT2D eigenvalue weighted by Crippen LogP contribution is -2.42. The summed E-state index contributed by atoms with van der Waals surface area (Å²) in [7, 11) is 0. The van der Waals surface area contributed by atoms with Crippen molar-refractivity contribution in [1.29, 1.82) is 0 Å². The Labute approximate surface area is 231 Å². The van der Waals surface area contributed by atoms with Gasteiger partial charge in [0.15, 0.2) is 17.6 Å². The number of carbonyl (C=O) groups excluding carboxylic acids is 2. The third-order valence-corrected chi connectivity index (χ3v) is 8.05. The van der Waals surface area contributed by atoms with E-state index in [1.54, 1.807) is 0 Å².